The summed E-state index contributed by atoms with van der Waals surface area (Å²) in [6.45, 7) is 0. The molecule has 3 aromatic rings. The van der Waals surface area contributed by atoms with Crippen LogP contribution in [-0.4, -0.2) is 26.1 Å². The number of rotatable bonds is 8. The summed E-state index contributed by atoms with van der Waals surface area (Å²) >= 11 is 0. The van der Waals surface area contributed by atoms with Crippen molar-refractivity contribution in [2.75, 3.05) is 14.2 Å². The van der Waals surface area contributed by atoms with E-state index in [4.69, 9.17) is 9.47 Å². The second kappa shape index (κ2) is 10.1. The van der Waals surface area contributed by atoms with Crippen LogP contribution in [0.3, 0.4) is 0 Å². The zero-order valence-electron chi connectivity index (χ0n) is 15.7. The highest BCUT2D eigenvalue weighted by molar-refractivity contribution is 5.85. The monoisotopic (exact) mass is 384 g/mol. The Morgan fingerprint density at radius 2 is 1.63 bits per heavy atom. The topological polar surface area (TPSA) is 35.5 Å². The lowest BCUT2D eigenvalue weighted by Gasteiger charge is -2.16. The second-order valence-corrected chi connectivity index (χ2v) is 6.47. The molecule has 0 amide bonds. The SMILES string of the molecule is COc1ccccc1CC(=O)CC(Cc1ccc2ccccc2c1)OC.Cl. The first-order valence-corrected chi connectivity index (χ1v) is 8.83. The van der Waals surface area contributed by atoms with E-state index >= 15 is 0 Å². The maximum Gasteiger partial charge on any atom is 0.140 e. The Balaban J connectivity index is 0.00000261. The summed E-state index contributed by atoms with van der Waals surface area (Å²) in [5.41, 5.74) is 2.10. The Kier molecular flexibility index (Phi) is 7.83. The standard InChI is InChI=1S/C23H24O3.ClH/c1-25-22(14-17-11-12-18-7-3-4-8-19(18)13-17)16-21(24)15-20-9-5-6-10-23(20)26-2;/h3-13,22H,14-16H2,1-2H3;1H. The normalized spacial score (nSPS) is 11.6. The highest BCUT2D eigenvalue weighted by Crippen LogP contribution is 2.21. The molecule has 0 fully saturated rings. The molecule has 3 nitrogen and oxygen atoms in total. The first-order valence-electron chi connectivity index (χ1n) is 8.83. The Morgan fingerprint density at radius 3 is 2.37 bits per heavy atom. The minimum atomic E-state index is -0.127. The number of para-hydroxylation sites is 1. The van der Waals surface area contributed by atoms with Crippen molar-refractivity contribution in [1.82, 2.24) is 0 Å². The molecule has 4 heteroatoms. The number of ketones is 1. The van der Waals surface area contributed by atoms with E-state index in [1.165, 1.54) is 16.3 Å². The van der Waals surface area contributed by atoms with Gasteiger partial charge in [-0.3, -0.25) is 4.79 Å². The number of fused-ring (bicyclic) bond motifs is 1. The molecule has 3 rings (SSSR count). The summed E-state index contributed by atoms with van der Waals surface area (Å²) in [4.78, 5) is 12.5. The van der Waals surface area contributed by atoms with E-state index in [0.29, 0.717) is 12.8 Å². The number of Topliss-reactive ketones (excluding diaryl/α,β-unsaturated/α-hetero) is 1. The van der Waals surface area contributed by atoms with Gasteiger partial charge in [-0.15, -0.1) is 12.4 Å². The molecule has 0 aliphatic heterocycles. The maximum absolute atomic E-state index is 12.5. The first kappa shape index (κ1) is 20.9. The van der Waals surface area contributed by atoms with Crippen LogP contribution in [0.25, 0.3) is 10.8 Å². The van der Waals surface area contributed by atoms with Crippen LogP contribution in [-0.2, 0) is 22.4 Å². The molecule has 0 aromatic heterocycles. The van der Waals surface area contributed by atoms with Crippen LogP contribution in [0.2, 0.25) is 0 Å². The average Bonchev–Trinajstić information content (AvgIpc) is 2.67. The van der Waals surface area contributed by atoms with Gasteiger partial charge in [0.05, 0.1) is 13.2 Å². The molecule has 0 N–H and O–H groups in total. The highest BCUT2D eigenvalue weighted by Gasteiger charge is 2.16. The molecule has 0 bridgehead atoms. The quantitative estimate of drug-likeness (QED) is 0.546. The first-order chi connectivity index (χ1) is 12.7. The van der Waals surface area contributed by atoms with Gasteiger partial charge in [-0.2, -0.15) is 0 Å². The fourth-order valence-corrected chi connectivity index (χ4v) is 3.26. The van der Waals surface area contributed by atoms with E-state index in [1.807, 2.05) is 36.4 Å². The van der Waals surface area contributed by atoms with Crippen LogP contribution >= 0.6 is 12.4 Å². The lowest BCUT2D eigenvalue weighted by molar-refractivity contribution is -0.120. The van der Waals surface area contributed by atoms with Gasteiger partial charge in [0.25, 0.3) is 0 Å². The van der Waals surface area contributed by atoms with Crippen LogP contribution in [0.5, 0.6) is 5.75 Å². The van der Waals surface area contributed by atoms with Crippen LogP contribution in [0.1, 0.15) is 17.5 Å². The van der Waals surface area contributed by atoms with Gasteiger partial charge >= 0.3 is 0 Å². The molecule has 0 spiro atoms. The predicted molar refractivity (Wildman–Crippen MR) is 112 cm³/mol. The number of carbonyl (C=O) groups is 1. The summed E-state index contributed by atoms with van der Waals surface area (Å²) in [5, 5.41) is 2.43. The van der Waals surface area contributed by atoms with Gasteiger partial charge in [0.15, 0.2) is 0 Å². The van der Waals surface area contributed by atoms with Crippen LogP contribution < -0.4 is 4.74 Å². The van der Waals surface area contributed by atoms with E-state index in [9.17, 15) is 4.79 Å². The van der Waals surface area contributed by atoms with Gasteiger partial charge in [-0.1, -0.05) is 60.7 Å². The number of methoxy groups -OCH3 is 2. The number of benzene rings is 3. The van der Waals surface area contributed by atoms with Gasteiger partial charge in [-0.25, -0.2) is 0 Å². The zero-order chi connectivity index (χ0) is 18.4. The predicted octanol–water partition coefficient (Wildman–Crippen LogP) is 5.03. The van der Waals surface area contributed by atoms with Gasteiger partial charge in [0.1, 0.15) is 11.5 Å². The molecule has 0 aliphatic rings. The van der Waals surface area contributed by atoms with E-state index in [2.05, 4.69) is 30.3 Å². The molecule has 0 saturated heterocycles. The largest absolute Gasteiger partial charge is 0.496 e. The van der Waals surface area contributed by atoms with E-state index in [1.54, 1.807) is 14.2 Å². The Morgan fingerprint density at radius 1 is 0.926 bits per heavy atom. The molecule has 1 atom stereocenters. The van der Waals surface area contributed by atoms with Gasteiger partial charge < -0.3 is 9.47 Å². The molecule has 1 unspecified atom stereocenters. The number of hydrogen-bond donors (Lipinski definition) is 0. The fraction of sp³-hybridized carbons (Fsp3) is 0.261. The van der Waals surface area contributed by atoms with Gasteiger partial charge in [0, 0.05) is 25.5 Å². The van der Waals surface area contributed by atoms with E-state index in [-0.39, 0.29) is 24.3 Å². The maximum atomic E-state index is 12.5. The van der Waals surface area contributed by atoms with Crippen molar-refractivity contribution >= 4 is 29.0 Å². The second-order valence-electron chi connectivity index (χ2n) is 6.47. The van der Waals surface area contributed by atoms with Crippen molar-refractivity contribution in [2.24, 2.45) is 0 Å². The Labute approximate surface area is 166 Å². The number of carbonyl (C=O) groups excluding carboxylic acids is 1. The van der Waals surface area contributed by atoms with Crippen molar-refractivity contribution in [3.63, 3.8) is 0 Å². The summed E-state index contributed by atoms with van der Waals surface area (Å²) in [5.74, 6) is 0.909. The van der Waals surface area contributed by atoms with Crippen LogP contribution in [0, 0.1) is 0 Å². The van der Waals surface area contributed by atoms with E-state index < -0.39 is 0 Å². The number of ether oxygens (including phenoxy) is 2. The highest BCUT2D eigenvalue weighted by atomic mass is 35.5. The van der Waals surface area contributed by atoms with Gasteiger partial charge in [0.2, 0.25) is 0 Å². The Bertz CT molecular complexity index is 891. The molecule has 0 saturated carbocycles. The summed E-state index contributed by atoms with van der Waals surface area (Å²) in [7, 11) is 3.29. The molecule has 0 heterocycles. The number of hydrogen-bond acceptors (Lipinski definition) is 3. The van der Waals surface area contributed by atoms with Crippen molar-refractivity contribution in [2.45, 2.75) is 25.4 Å². The third-order valence-corrected chi connectivity index (χ3v) is 4.65. The molecular formula is C23H25ClO3. The van der Waals surface area contributed by atoms with Crippen molar-refractivity contribution < 1.29 is 14.3 Å². The lowest BCUT2D eigenvalue weighted by Crippen LogP contribution is -2.20. The van der Waals surface area contributed by atoms with Crippen molar-refractivity contribution in [3.8, 4) is 5.75 Å². The minimum Gasteiger partial charge on any atom is -0.496 e. The smallest absolute Gasteiger partial charge is 0.140 e. The lowest BCUT2D eigenvalue weighted by atomic mass is 9.98. The molecular weight excluding hydrogens is 360 g/mol. The molecule has 0 radical (unpaired) electrons. The van der Waals surface area contributed by atoms with Crippen molar-refractivity contribution in [3.05, 3.63) is 77.9 Å². The molecule has 3 aromatic carbocycles. The fourth-order valence-electron chi connectivity index (χ4n) is 3.26. The minimum absolute atomic E-state index is 0. The van der Waals surface area contributed by atoms with Crippen LogP contribution in [0.4, 0.5) is 0 Å². The molecule has 27 heavy (non-hydrogen) atoms. The van der Waals surface area contributed by atoms with Crippen LogP contribution in [0.15, 0.2) is 66.7 Å². The third kappa shape index (κ3) is 5.56. The number of halogens is 1. The molecule has 142 valence electrons. The third-order valence-electron chi connectivity index (χ3n) is 4.65. The zero-order valence-corrected chi connectivity index (χ0v) is 16.5. The van der Waals surface area contributed by atoms with Gasteiger partial charge in [-0.05, 0) is 28.8 Å². The average molecular weight is 385 g/mol. The summed E-state index contributed by atoms with van der Waals surface area (Å²) < 4.78 is 10.9. The molecule has 0 aliphatic carbocycles. The van der Waals surface area contributed by atoms with E-state index in [0.717, 1.165) is 17.7 Å². The summed E-state index contributed by atoms with van der Waals surface area (Å²) in [6, 6.07) is 22.3. The van der Waals surface area contributed by atoms with Crippen molar-refractivity contribution in [1.29, 1.82) is 0 Å². The summed E-state index contributed by atoms with van der Waals surface area (Å²) in [6.07, 6.45) is 1.35. The Hall–Kier alpha value is -2.36.